The predicted octanol–water partition coefficient (Wildman–Crippen LogP) is 10.1. The Morgan fingerprint density at radius 3 is 1.97 bits per heavy atom. The standard InChI is InChI=1S/C30H48/c1-3-5-7-8-10-12-26-15-19-28(20-16-26)30-23-21-29(22-24-30)27-17-13-25(14-18-27)11-9-6-4-2/h19,21-27H,3-18,20H2,1-2H3. The highest BCUT2D eigenvalue weighted by Gasteiger charge is 2.22. The first-order chi connectivity index (χ1) is 14.8. The Morgan fingerprint density at radius 2 is 1.30 bits per heavy atom. The molecule has 0 heterocycles. The molecule has 1 aromatic rings. The van der Waals surface area contributed by atoms with E-state index in [9.17, 15) is 0 Å². The zero-order chi connectivity index (χ0) is 21.0. The highest BCUT2D eigenvalue weighted by Crippen LogP contribution is 2.39. The summed E-state index contributed by atoms with van der Waals surface area (Å²) < 4.78 is 0. The van der Waals surface area contributed by atoms with E-state index in [0.29, 0.717) is 0 Å². The summed E-state index contributed by atoms with van der Waals surface area (Å²) in [7, 11) is 0. The lowest BCUT2D eigenvalue weighted by Gasteiger charge is -2.29. The van der Waals surface area contributed by atoms with Crippen molar-refractivity contribution in [1.29, 1.82) is 0 Å². The van der Waals surface area contributed by atoms with Gasteiger partial charge in [0.2, 0.25) is 0 Å². The zero-order valence-electron chi connectivity index (χ0n) is 20.1. The van der Waals surface area contributed by atoms with Crippen LogP contribution in [0.1, 0.15) is 140 Å². The number of hydrogen-bond donors (Lipinski definition) is 0. The van der Waals surface area contributed by atoms with Crippen LogP contribution in [0.25, 0.3) is 5.57 Å². The molecule has 3 rings (SSSR count). The topological polar surface area (TPSA) is 0 Å². The minimum absolute atomic E-state index is 0.818. The van der Waals surface area contributed by atoms with Gasteiger partial charge in [-0.25, -0.2) is 0 Å². The Balaban J connectivity index is 1.40. The van der Waals surface area contributed by atoms with Crippen molar-refractivity contribution in [3.8, 4) is 0 Å². The van der Waals surface area contributed by atoms with Crippen LogP contribution in [-0.4, -0.2) is 0 Å². The number of allylic oxidation sites excluding steroid dienone is 2. The zero-order valence-corrected chi connectivity index (χ0v) is 20.1. The van der Waals surface area contributed by atoms with E-state index < -0.39 is 0 Å². The average molecular weight is 409 g/mol. The van der Waals surface area contributed by atoms with Gasteiger partial charge in [-0.05, 0) is 79.4 Å². The Morgan fingerprint density at radius 1 is 0.667 bits per heavy atom. The van der Waals surface area contributed by atoms with Crippen LogP contribution < -0.4 is 0 Å². The van der Waals surface area contributed by atoms with Crippen LogP contribution >= 0.6 is 0 Å². The lowest BCUT2D eigenvalue weighted by Crippen LogP contribution is -2.13. The molecule has 0 saturated heterocycles. The third-order valence-electron chi connectivity index (χ3n) is 8.05. The van der Waals surface area contributed by atoms with Gasteiger partial charge >= 0.3 is 0 Å². The van der Waals surface area contributed by atoms with Gasteiger partial charge in [0.05, 0.1) is 0 Å². The number of benzene rings is 1. The highest BCUT2D eigenvalue weighted by molar-refractivity contribution is 5.66. The van der Waals surface area contributed by atoms with Crippen molar-refractivity contribution in [3.05, 3.63) is 41.5 Å². The molecule has 1 saturated carbocycles. The van der Waals surface area contributed by atoms with Gasteiger partial charge in [-0.3, -0.25) is 0 Å². The van der Waals surface area contributed by atoms with Crippen molar-refractivity contribution in [2.45, 2.75) is 129 Å². The first-order valence-electron chi connectivity index (χ1n) is 13.6. The maximum Gasteiger partial charge on any atom is -0.0162 e. The van der Waals surface area contributed by atoms with Crippen LogP contribution in [0.15, 0.2) is 30.3 Å². The van der Waals surface area contributed by atoms with Gasteiger partial charge in [0.25, 0.3) is 0 Å². The summed E-state index contributed by atoms with van der Waals surface area (Å²) in [6.45, 7) is 4.62. The smallest absolute Gasteiger partial charge is 0.0162 e. The van der Waals surface area contributed by atoms with Gasteiger partial charge in [0.1, 0.15) is 0 Å². The van der Waals surface area contributed by atoms with Crippen LogP contribution in [0.2, 0.25) is 0 Å². The molecule has 30 heavy (non-hydrogen) atoms. The van der Waals surface area contributed by atoms with Crippen LogP contribution in [-0.2, 0) is 0 Å². The molecule has 0 nitrogen and oxygen atoms in total. The highest BCUT2D eigenvalue weighted by atomic mass is 14.3. The summed E-state index contributed by atoms with van der Waals surface area (Å²) in [4.78, 5) is 0. The van der Waals surface area contributed by atoms with E-state index in [2.05, 4.69) is 44.2 Å². The number of rotatable bonds is 12. The van der Waals surface area contributed by atoms with Crippen molar-refractivity contribution in [2.75, 3.05) is 0 Å². The van der Waals surface area contributed by atoms with Gasteiger partial charge in [-0.15, -0.1) is 0 Å². The van der Waals surface area contributed by atoms with Crippen molar-refractivity contribution < 1.29 is 0 Å². The van der Waals surface area contributed by atoms with Gasteiger partial charge < -0.3 is 0 Å². The molecular formula is C30H48. The summed E-state index contributed by atoms with van der Waals surface area (Å²) in [5.41, 5.74) is 4.71. The molecule has 1 atom stereocenters. The SMILES string of the molecule is CCCCCCCC1CC=C(c2ccc(C3CCC(CCCCC)CC3)cc2)CC1. The summed E-state index contributed by atoms with van der Waals surface area (Å²) in [5.74, 6) is 2.78. The molecular weight excluding hydrogens is 360 g/mol. The molecule has 1 fully saturated rings. The minimum atomic E-state index is 0.818. The molecule has 1 unspecified atom stereocenters. The van der Waals surface area contributed by atoms with Crippen molar-refractivity contribution in [2.24, 2.45) is 11.8 Å². The second-order valence-electron chi connectivity index (χ2n) is 10.4. The molecule has 0 N–H and O–H groups in total. The average Bonchev–Trinajstić information content (AvgIpc) is 2.80. The second-order valence-corrected chi connectivity index (χ2v) is 10.4. The lowest BCUT2D eigenvalue weighted by molar-refractivity contribution is 0.303. The molecule has 0 bridgehead atoms. The van der Waals surface area contributed by atoms with Crippen LogP contribution in [0.3, 0.4) is 0 Å². The van der Waals surface area contributed by atoms with Gasteiger partial charge in [0.15, 0.2) is 0 Å². The van der Waals surface area contributed by atoms with Crippen molar-refractivity contribution >= 4 is 5.57 Å². The lowest BCUT2D eigenvalue weighted by atomic mass is 9.76. The summed E-state index contributed by atoms with van der Waals surface area (Å²) in [6.07, 6.45) is 26.6. The van der Waals surface area contributed by atoms with Gasteiger partial charge in [-0.2, -0.15) is 0 Å². The molecule has 0 amide bonds. The predicted molar refractivity (Wildman–Crippen MR) is 134 cm³/mol. The summed E-state index contributed by atoms with van der Waals surface area (Å²) >= 11 is 0. The molecule has 168 valence electrons. The maximum absolute atomic E-state index is 2.57. The van der Waals surface area contributed by atoms with Crippen LogP contribution in [0.5, 0.6) is 0 Å². The molecule has 0 radical (unpaired) electrons. The fraction of sp³-hybridized carbons (Fsp3) is 0.733. The third kappa shape index (κ3) is 7.58. The Bertz CT molecular complexity index is 599. The molecule has 0 aromatic heterocycles. The molecule has 2 aliphatic carbocycles. The van der Waals surface area contributed by atoms with Crippen LogP contribution in [0, 0.1) is 11.8 Å². The van der Waals surface area contributed by atoms with E-state index >= 15 is 0 Å². The fourth-order valence-corrected chi connectivity index (χ4v) is 5.89. The molecule has 0 spiro atoms. The maximum atomic E-state index is 2.57. The number of unbranched alkanes of at least 4 members (excludes halogenated alkanes) is 6. The fourth-order valence-electron chi connectivity index (χ4n) is 5.89. The van der Waals surface area contributed by atoms with E-state index in [-0.39, 0.29) is 0 Å². The van der Waals surface area contributed by atoms with E-state index in [1.165, 1.54) is 115 Å². The van der Waals surface area contributed by atoms with E-state index in [1.54, 1.807) is 11.1 Å². The molecule has 0 heteroatoms. The first kappa shape index (κ1) is 23.6. The first-order valence-corrected chi connectivity index (χ1v) is 13.6. The monoisotopic (exact) mass is 408 g/mol. The largest absolute Gasteiger partial charge is 0.0804 e. The quantitative estimate of drug-likeness (QED) is 0.302. The van der Waals surface area contributed by atoms with E-state index in [0.717, 1.165) is 17.8 Å². The van der Waals surface area contributed by atoms with Crippen molar-refractivity contribution in [3.63, 3.8) is 0 Å². The van der Waals surface area contributed by atoms with E-state index in [1.807, 2.05) is 0 Å². The third-order valence-corrected chi connectivity index (χ3v) is 8.05. The van der Waals surface area contributed by atoms with Crippen molar-refractivity contribution in [1.82, 2.24) is 0 Å². The molecule has 1 aromatic carbocycles. The summed E-state index contributed by atoms with van der Waals surface area (Å²) in [6, 6.07) is 9.77. The van der Waals surface area contributed by atoms with E-state index in [4.69, 9.17) is 0 Å². The normalized spacial score (nSPS) is 24.6. The Hall–Kier alpha value is -1.04. The molecule has 0 aliphatic heterocycles. The Labute approximate surface area is 187 Å². The van der Waals surface area contributed by atoms with Gasteiger partial charge in [0, 0.05) is 0 Å². The minimum Gasteiger partial charge on any atom is -0.0804 e. The second kappa shape index (κ2) is 13.4. The Kier molecular flexibility index (Phi) is 10.5. The van der Waals surface area contributed by atoms with Crippen LogP contribution in [0.4, 0.5) is 0 Å². The number of hydrogen-bond acceptors (Lipinski definition) is 0. The molecule has 2 aliphatic rings. The van der Waals surface area contributed by atoms with Gasteiger partial charge in [-0.1, -0.05) is 108 Å². The summed E-state index contributed by atoms with van der Waals surface area (Å²) in [5, 5.41) is 0.